The monoisotopic (exact) mass is 344 g/mol. The number of fused-ring (bicyclic) bond motifs is 1. The van der Waals surface area contributed by atoms with Gasteiger partial charge < -0.3 is 4.52 Å². The molecule has 0 aliphatic heterocycles. The van der Waals surface area contributed by atoms with Gasteiger partial charge in [0.2, 0.25) is 11.8 Å². The summed E-state index contributed by atoms with van der Waals surface area (Å²) in [6, 6.07) is 9.80. The van der Waals surface area contributed by atoms with E-state index in [9.17, 15) is 4.79 Å². The van der Waals surface area contributed by atoms with Gasteiger partial charge in [0.25, 0.3) is 0 Å². The predicted octanol–water partition coefficient (Wildman–Crippen LogP) is 3.48. The molecular formula is C17H20N4O2S. The van der Waals surface area contributed by atoms with Crippen molar-refractivity contribution >= 4 is 33.3 Å². The molecule has 0 spiro atoms. The Morgan fingerprint density at radius 2 is 2.17 bits per heavy atom. The van der Waals surface area contributed by atoms with E-state index in [1.54, 1.807) is 17.4 Å². The van der Waals surface area contributed by atoms with Gasteiger partial charge >= 0.3 is 0 Å². The van der Waals surface area contributed by atoms with Gasteiger partial charge in [-0.3, -0.25) is 15.0 Å². The van der Waals surface area contributed by atoms with Gasteiger partial charge in [-0.25, -0.2) is 4.98 Å². The summed E-state index contributed by atoms with van der Waals surface area (Å²) >= 11 is 1.65. The van der Waals surface area contributed by atoms with E-state index in [1.807, 2.05) is 44.0 Å². The van der Waals surface area contributed by atoms with Crippen molar-refractivity contribution in [2.75, 3.05) is 18.9 Å². The zero-order valence-corrected chi connectivity index (χ0v) is 14.8. The Morgan fingerprint density at radius 3 is 2.88 bits per heavy atom. The number of likely N-dealkylation sites (N-methyl/N-ethyl adjacent to an activating group) is 1. The number of thiazole rings is 1. The molecule has 0 fully saturated rings. The number of rotatable bonds is 6. The van der Waals surface area contributed by atoms with Gasteiger partial charge in [-0.05, 0) is 25.1 Å². The first-order valence-electron chi connectivity index (χ1n) is 7.80. The predicted molar refractivity (Wildman–Crippen MR) is 95.2 cm³/mol. The first kappa shape index (κ1) is 16.6. The normalized spacial score (nSPS) is 11.5. The molecule has 24 heavy (non-hydrogen) atoms. The van der Waals surface area contributed by atoms with Crippen LogP contribution in [-0.2, 0) is 11.3 Å². The Kier molecular flexibility index (Phi) is 4.92. The molecule has 2 heterocycles. The van der Waals surface area contributed by atoms with Crippen LogP contribution in [0.15, 0.2) is 34.9 Å². The van der Waals surface area contributed by atoms with Gasteiger partial charge in [0.1, 0.15) is 5.01 Å². The Morgan fingerprint density at radius 1 is 1.38 bits per heavy atom. The number of aromatic nitrogens is 2. The van der Waals surface area contributed by atoms with E-state index in [4.69, 9.17) is 4.52 Å². The minimum atomic E-state index is -0.134. The number of amides is 1. The van der Waals surface area contributed by atoms with Crippen LogP contribution in [0, 0.1) is 0 Å². The number of carbonyl (C=O) groups is 1. The summed E-state index contributed by atoms with van der Waals surface area (Å²) < 4.78 is 6.29. The Hall–Kier alpha value is -2.25. The van der Waals surface area contributed by atoms with Crippen LogP contribution >= 0.6 is 11.3 Å². The highest BCUT2D eigenvalue weighted by Gasteiger charge is 2.13. The Bertz CT molecular complexity index is 807. The molecule has 0 aliphatic carbocycles. The lowest BCUT2D eigenvalue weighted by atomic mass is 10.1. The highest BCUT2D eigenvalue weighted by atomic mass is 32.1. The fourth-order valence-electron chi connectivity index (χ4n) is 2.32. The topological polar surface area (TPSA) is 71.3 Å². The van der Waals surface area contributed by atoms with Gasteiger partial charge in [0.05, 0.1) is 29.0 Å². The van der Waals surface area contributed by atoms with Crippen LogP contribution in [0.25, 0.3) is 10.2 Å². The summed E-state index contributed by atoms with van der Waals surface area (Å²) in [5.41, 5.74) is 1.83. The number of nitrogens with zero attached hydrogens (tertiary/aromatic N) is 3. The molecule has 0 unspecified atom stereocenters. The average Bonchev–Trinajstić information content (AvgIpc) is 3.12. The number of para-hydroxylation sites is 1. The van der Waals surface area contributed by atoms with E-state index in [2.05, 4.69) is 21.5 Å². The van der Waals surface area contributed by atoms with Gasteiger partial charge in [-0.1, -0.05) is 31.1 Å². The SMILES string of the molecule is CC(C)c1cc(NC(=O)CN(C)Cc2nc3ccccc3s2)on1. The molecule has 0 bridgehead atoms. The molecule has 1 amide bonds. The first-order valence-corrected chi connectivity index (χ1v) is 8.62. The van der Waals surface area contributed by atoms with Crippen molar-refractivity contribution in [3.63, 3.8) is 0 Å². The van der Waals surface area contributed by atoms with Gasteiger partial charge in [-0.15, -0.1) is 11.3 Å². The molecule has 126 valence electrons. The molecule has 3 aromatic rings. The lowest BCUT2D eigenvalue weighted by Gasteiger charge is -2.13. The summed E-state index contributed by atoms with van der Waals surface area (Å²) in [5, 5.41) is 7.66. The van der Waals surface area contributed by atoms with E-state index < -0.39 is 0 Å². The van der Waals surface area contributed by atoms with E-state index in [-0.39, 0.29) is 18.4 Å². The van der Waals surface area contributed by atoms with Gasteiger partial charge in [0, 0.05) is 6.07 Å². The van der Waals surface area contributed by atoms with E-state index >= 15 is 0 Å². The van der Waals surface area contributed by atoms with Crippen LogP contribution in [0.1, 0.15) is 30.5 Å². The standard InChI is InChI=1S/C17H20N4O2S/c1-11(2)13-8-16(23-20-13)19-15(22)9-21(3)10-17-18-12-6-4-5-7-14(12)24-17/h4-8,11H,9-10H2,1-3H3,(H,19,22). The minimum Gasteiger partial charge on any atom is -0.338 e. The number of benzene rings is 1. The van der Waals surface area contributed by atoms with E-state index in [1.165, 1.54) is 0 Å². The maximum absolute atomic E-state index is 12.1. The van der Waals surface area contributed by atoms with Crippen molar-refractivity contribution < 1.29 is 9.32 Å². The second-order valence-electron chi connectivity index (χ2n) is 6.07. The molecule has 1 N–H and O–H groups in total. The van der Waals surface area contributed by atoms with E-state index in [0.717, 1.165) is 20.9 Å². The molecule has 2 aromatic heterocycles. The summed E-state index contributed by atoms with van der Waals surface area (Å²) in [6.45, 7) is 4.93. The number of hydrogen-bond donors (Lipinski definition) is 1. The summed E-state index contributed by atoms with van der Waals surface area (Å²) in [6.07, 6.45) is 0. The molecule has 0 radical (unpaired) electrons. The highest BCUT2D eigenvalue weighted by Crippen LogP contribution is 2.22. The molecule has 1 aromatic carbocycles. The second kappa shape index (κ2) is 7.11. The molecule has 7 heteroatoms. The third-order valence-corrected chi connectivity index (χ3v) is 4.56. The van der Waals surface area contributed by atoms with Crippen LogP contribution in [0.3, 0.4) is 0 Å². The van der Waals surface area contributed by atoms with Crippen LogP contribution in [0.2, 0.25) is 0 Å². The number of anilines is 1. The minimum absolute atomic E-state index is 0.134. The third-order valence-electron chi connectivity index (χ3n) is 3.54. The van der Waals surface area contributed by atoms with E-state index in [0.29, 0.717) is 12.4 Å². The van der Waals surface area contributed by atoms with Crippen molar-refractivity contribution in [2.24, 2.45) is 0 Å². The summed E-state index contributed by atoms with van der Waals surface area (Å²) in [4.78, 5) is 18.6. The summed E-state index contributed by atoms with van der Waals surface area (Å²) in [7, 11) is 1.89. The molecular weight excluding hydrogens is 324 g/mol. The van der Waals surface area contributed by atoms with Crippen molar-refractivity contribution in [3.05, 3.63) is 41.0 Å². The fraction of sp³-hybridized carbons (Fsp3) is 0.353. The average molecular weight is 344 g/mol. The largest absolute Gasteiger partial charge is 0.338 e. The zero-order valence-electron chi connectivity index (χ0n) is 13.9. The maximum atomic E-state index is 12.1. The summed E-state index contributed by atoms with van der Waals surface area (Å²) in [5.74, 6) is 0.517. The van der Waals surface area contributed by atoms with Crippen molar-refractivity contribution in [1.82, 2.24) is 15.0 Å². The van der Waals surface area contributed by atoms with Gasteiger partial charge in [0.15, 0.2) is 0 Å². The third kappa shape index (κ3) is 3.98. The maximum Gasteiger partial charge on any atom is 0.240 e. The second-order valence-corrected chi connectivity index (χ2v) is 7.18. The molecule has 0 atom stereocenters. The molecule has 0 saturated carbocycles. The zero-order chi connectivity index (χ0) is 17.1. The quantitative estimate of drug-likeness (QED) is 0.741. The van der Waals surface area contributed by atoms with Crippen LogP contribution in [-0.4, -0.2) is 34.5 Å². The lowest BCUT2D eigenvalue weighted by molar-refractivity contribution is -0.117. The van der Waals surface area contributed by atoms with Crippen molar-refractivity contribution in [1.29, 1.82) is 0 Å². The smallest absolute Gasteiger partial charge is 0.240 e. The van der Waals surface area contributed by atoms with Crippen molar-refractivity contribution in [2.45, 2.75) is 26.3 Å². The Labute approximate surface area is 144 Å². The van der Waals surface area contributed by atoms with Crippen LogP contribution in [0.4, 0.5) is 5.88 Å². The van der Waals surface area contributed by atoms with Gasteiger partial charge in [-0.2, -0.15) is 0 Å². The first-order chi connectivity index (χ1) is 11.5. The molecule has 3 rings (SSSR count). The molecule has 0 saturated heterocycles. The van der Waals surface area contributed by atoms with Crippen LogP contribution in [0.5, 0.6) is 0 Å². The highest BCUT2D eigenvalue weighted by molar-refractivity contribution is 7.18. The fourth-order valence-corrected chi connectivity index (χ4v) is 3.36. The Balaban J connectivity index is 1.55. The van der Waals surface area contributed by atoms with Crippen LogP contribution < -0.4 is 5.32 Å². The van der Waals surface area contributed by atoms with Crippen molar-refractivity contribution in [3.8, 4) is 0 Å². The number of hydrogen-bond acceptors (Lipinski definition) is 6. The lowest BCUT2D eigenvalue weighted by Crippen LogP contribution is -2.29. The molecule has 0 aliphatic rings. The molecule has 6 nitrogen and oxygen atoms in total. The number of nitrogens with one attached hydrogen (secondary N) is 1. The number of carbonyl (C=O) groups excluding carboxylic acids is 1.